The summed E-state index contributed by atoms with van der Waals surface area (Å²) in [7, 11) is -1.34. The molecule has 0 aliphatic heterocycles. The molecule has 0 bridgehead atoms. The monoisotopic (exact) mass is 306 g/mol. The average molecular weight is 306 g/mol. The summed E-state index contributed by atoms with van der Waals surface area (Å²) in [5.74, 6) is -0.967. The lowest BCUT2D eigenvalue weighted by molar-refractivity contribution is 0.0700. The summed E-state index contributed by atoms with van der Waals surface area (Å²) in [6.45, 7) is 4.05. The Morgan fingerprint density at radius 1 is 1.47 bits per heavy atom. The van der Waals surface area contributed by atoms with Gasteiger partial charge in [0.15, 0.2) is 5.13 Å². The van der Waals surface area contributed by atoms with E-state index in [9.17, 15) is 13.2 Å². The van der Waals surface area contributed by atoms with E-state index in [1.807, 2.05) is 13.8 Å². The first kappa shape index (κ1) is 15.9. The Hall–Kier alpha value is -1.15. The average Bonchev–Trinajstić information content (AvgIpc) is 2.69. The van der Waals surface area contributed by atoms with Crippen LogP contribution in [-0.2, 0) is 9.84 Å². The molecule has 19 heavy (non-hydrogen) atoms. The molecule has 1 aromatic rings. The van der Waals surface area contributed by atoms with Gasteiger partial charge in [0.25, 0.3) is 0 Å². The van der Waals surface area contributed by atoms with Crippen molar-refractivity contribution in [1.29, 1.82) is 0 Å². The van der Waals surface area contributed by atoms with Crippen LogP contribution in [0.4, 0.5) is 5.13 Å². The topological polar surface area (TPSA) is 87.6 Å². The quantitative estimate of drug-likeness (QED) is 0.856. The highest BCUT2D eigenvalue weighted by Gasteiger charge is 2.21. The molecule has 0 fully saturated rings. The number of hydrogen-bond donors (Lipinski definition) is 1. The van der Waals surface area contributed by atoms with E-state index >= 15 is 0 Å². The van der Waals surface area contributed by atoms with Crippen LogP contribution in [0.15, 0.2) is 0 Å². The van der Waals surface area contributed by atoms with Crippen molar-refractivity contribution in [3.63, 3.8) is 0 Å². The van der Waals surface area contributed by atoms with Gasteiger partial charge in [0, 0.05) is 19.8 Å². The summed E-state index contributed by atoms with van der Waals surface area (Å²) < 4.78 is 22.2. The van der Waals surface area contributed by atoms with Gasteiger partial charge in [-0.15, -0.1) is 0 Å². The highest BCUT2D eigenvalue weighted by Crippen LogP contribution is 2.30. The fraction of sp³-hybridized carbons (Fsp3) is 0.636. The van der Waals surface area contributed by atoms with Gasteiger partial charge in [-0.2, -0.15) is 0 Å². The molecule has 108 valence electrons. The second-order valence-electron chi connectivity index (χ2n) is 4.72. The third kappa shape index (κ3) is 4.46. The maximum atomic E-state index is 11.1. The first-order valence-electron chi connectivity index (χ1n) is 5.74. The second kappa shape index (κ2) is 5.87. The Morgan fingerprint density at radius 2 is 2.05 bits per heavy atom. The van der Waals surface area contributed by atoms with Gasteiger partial charge in [-0.3, -0.25) is 0 Å². The summed E-state index contributed by atoms with van der Waals surface area (Å²) in [5.41, 5.74) is 0.540. The number of hydrogen-bond acceptors (Lipinski definition) is 6. The highest BCUT2D eigenvalue weighted by atomic mass is 32.2. The Balaban J connectivity index is 2.95. The Morgan fingerprint density at radius 3 is 2.42 bits per heavy atom. The Kier molecular flexibility index (Phi) is 4.92. The predicted octanol–water partition coefficient (Wildman–Crippen LogP) is 1.45. The van der Waals surface area contributed by atoms with Crippen molar-refractivity contribution in [3.8, 4) is 0 Å². The number of rotatable bonds is 6. The summed E-state index contributed by atoms with van der Waals surface area (Å²) in [4.78, 5) is 17.3. The van der Waals surface area contributed by atoms with Gasteiger partial charge < -0.3 is 10.0 Å². The third-order valence-electron chi connectivity index (χ3n) is 2.51. The number of carboxylic acid groups (broad SMARTS) is 1. The summed E-state index contributed by atoms with van der Waals surface area (Å²) in [6.07, 6.45) is 1.17. The van der Waals surface area contributed by atoms with Gasteiger partial charge in [-0.25, -0.2) is 18.2 Å². The Bertz CT molecular complexity index is 563. The zero-order valence-corrected chi connectivity index (χ0v) is 13.0. The predicted molar refractivity (Wildman–Crippen MR) is 76.1 cm³/mol. The van der Waals surface area contributed by atoms with Crippen LogP contribution in [0.5, 0.6) is 0 Å². The van der Waals surface area contributed by atoms with Crippen molar-refractivity contribution < 1.29 is 18.3 Å². The van der Waals surface area contributed by atoms with Gasteiger partial charge in [0.2, 0.25) is 0 Å². The Labute approximate surface area is 117 Å². The molecular weight excluding hydrogens is 288 g/mol. The van der Waals surface area contributed by atoms with E-state index in [1.54, 1.807) is 11.9 Å². The van der Waals surface area contributed by atoms with E-state index in [2.05, 4.69) is 4.98 Å². The normalized spacial score (nSPS) is 11.8. The van der Waals surface area contributed by atoms with Crippen LogP contribution in [0.3, 0.4) is 0 Å². The maximum absolute atomic E-state index is 11.1. The fourth-order valence-electron chi connectivity index (χ4n) is 1.43. The van der Waals surface area contributed by atoms with Crippen LogP contribution >= 0.6 is 11.3 Å². The van der Waals surface area contributed by atoms with Crippen LogP contribution < -0.4 is 4.90 Å². The molecule has 0 aliphatic carbocycles. The molecule has 1 rings (SSSR count). The van der Waals surface area contributed by atoms with Gasteiger partial charge in [0.05, 0.1) is 11.4 Å². The summed E-state index contributed by atoms with van der Waals surface area (Å²) in [6, 6.07) is 0. The number of carbonyl (C=O) groups is 1. The first-order chi connectivity index (χ1) is 8.61. The second-order valence-corrected chi connectivity index (χ2v) is 7.96. The van der Waals surface area contributed by atoms with Crippen LogP contribution in [0.1, 0.15) is 35.1 Å². The van der Waals surface area contributed by atoms with Crippen molar-refractivity contribution in [2.45, 2.75) is 19.8 Å². The number of aromatic carboxylic acids is 1. The minimum absolute atomic E-state index is 0.0133. The lowest BCUT2D eigenvalue weighted by atomic mass is 10.1. The third-order valence-corrected chi connectivity index (χ3v) is 4.60. The number of carboxylic acids is 1. The highest BCUT2D eigenvalue weighted by molar-refractivity contribution is 7.90. The van der Waals surface area contributed by atoms with Crippen LogP contribution in [0.2, 0.25) is 0 Å². The molecular formula is C11H18N2O4S2. The van der Waals surface area contributed by atoms with Crippen LogP contribution in [0.25, 0.3) is 0 Å². The molecule has 0 unspecified atom stereocenters. The van der Waals surface area contributed by atoms with Crippen molar-refractivity contribution in [2.75, 3.05) is 30.5 Å². The standard InChI is InChI=1S/C11H18N2O4S2/c1-7(2)8-9(10(14)15)18-11(12-8)13(3)5-6-19(4,16)17/h7H,5-6H2,1-4H3,(H,14,15). The van der Waals surface area contributed by atoms with Gasteiger partial charge >= 0.3 is 5.97 Å². The molecule has 1 heterocycles. The van der Waals surface area contributed by atoms with Crippen LogP contribution in [-0.4, -0.2) is 50.1 Å². The molecule has 0 saturated heterocycles. The lowest BCUT2D eigenvalue weighted by Gasteiger charge is -2.14. The molecule has 0 saturated carbocycles. The largest absolute Gasteiger partial charge is 0.477 e. The van der Waals surface area contributed by atoms with Gasteiger partial charge in [0.1, 0.15) is 14.7 Å². The van der Waals surface area contributed by atoms with Crippen molar-refractivity contribution >= 4 is 32.3 Å². The number of anilines is 1. The molecule has 0 atom stereocenters. The number of sulfone groups is 1. The first-order valence-corrected chi connectivity index (χ1v) is 8.62. The summed E-state index contributed by atoms with van der Waals surface area (Å²) in [5, 5.41) is 9.66. The molecule has 0 amide bonds. The minimum atomic E-state index is -3.04. The molecule has 1 N–H and O–H groups in total. The molecule has 0 radical (unpaired) electrons. The number of nitrogens with zero attached hydrogens (tertiary/aromatic N) is 2. The molecule has 6 nitrogen and oxygen atoms in total. The van der Waals surface area contributed by atoms with E-state index in [1.165, 1.54) is 6.26 Å². The van der Waals surface area contributed by atoms with E-state index in [4.69, 9.17) is 5.11 Å². The molecule has 0 spiro atoms. The minimum Gasteiger partial charge on any atom is -0.477 e. The fourth-order valence-corrected chi connectivity index (χ4v) is 3.08. The zero-order chi connectivity index (χ0) is 14.8. The maximum Gasteiger partial charge on any atom is 0.347 e. The molecule has 0 aliphatic rings. The number of thiazole rings is 1. The van der Waals surface area contributed by atoms with Crippen molar-refractivity contribution in [3.05, 3.63) is 10.6 Å². The zero-order valence-electron chi connectivity index (χ0n) is 11.4. The van der Waals surface area contributed by atoms with E-state index in [0.717, 1.165) is 11.3 Å². The molecule has 8 heteroatoms. The molecule has 0 aromatic carbocycles. The van der Waals surface area contributed by atoms with Crippen molar-refractivity contribution in [1.82, 2.24) is 4.98 Å². The van der Waals surface area contributed by atoms with Crippen LogP contribution in [0, 0.1) is 0 Å². The molecule has 1 aromatic heterocycles. The van der Waals surface area contributed by atoms with Gasteiger partial charge in [-0.1, -0.05) is 25.2 Å². The van der Waals surface area contributed by atoms with Crippen molar-refractivity contribution in [2.24, 2.45) is 0 Å². The smallest absolute Gasteiger partial charge is 0.347 e. The van der Waals surface area contributed by atoms with E-state index in [0.29, 0.717) is 17.4 Å². The van der Waals surface area contributed by atoms with E-state index < -0.39 is 15.8 Å². The van der Waals surface area contributed by atoms with Gasteiger partial charge in [-0.05, 0) is 5.92 Å². The van der Waals surface area contributed by atoms with E-state index in [-0.39, 0.29) is 16.5 Å². The summed E-state index contributed by atoms with van der Waals surface area (Å²) >= 11 is 1.08. The SMILES string of the molecule is CC(C)c1nc(N(C)CCS(C)(=O)=O)sc1C(=O)O. The number of aromatic nitrogens is 1. The lowest BCUT2D eigenvalue weighted by Crippen LogP contribution is -2.24.